The van der Waals surface area contributed by atoms with Gasteiger partial charge in [0.15, 0.2) is 6.21 Å². The van der Waals surface area contributed by atoms with Gasteiger partial charge in [0.05, 0.1) is 16.8 Å². The number of fused-ring (bicyclic) bond motifs is 1. The van der Waals surface area contributed by atoms with Crippen molar-refractivity contribution in [3.63, 3.8) is 0 Å². The van der Waals surface area contributed by atoms with Gasteiger partial charge in [-0.05, 0) is 24.6 Å². The van der Waals surface area contributed by atoms with Crippen LogP contribution in [0, 0.1) is 6.92 Å². The molecule has 0 radical (unpaired) electrons. The zero-order chi connectivity index (χ0) is 15.9. The third-order valence-corrected chi connectivity index (χ3v) is 3.79. The standard InChI is InChI=1S/C17H16F3N2/c1-12-8-14(17(18,19)20)9-13-10-22(11-21(2)16(12)13)15-6-4-3-5-7-15/h3-10H,11H2,1-2H3/q+1. The summed E-state index contributed by atoms with van der Waals surface area (Å²) in [5, 5.41) is 0. The molecule has 0 bridgehead atoms. The molecule has 0 aromatic heterocycles. The molecule has 2 nitrogen and oxygen atoms in total. The molecule has 1 aliphatic heterocycles. The zero-order valence-electron chi connectivity index (χ0n) is 12.4. The van der Waals surface area contributed by atoms with Gasteiger partial charge in [0, 0.05) is 19.2 Å². The van der Waals surface area contributed by atoms with Crippen LogP contribution in [0.3, 0.4) is 0 Å². The molecule has 0 fully saturated rings. The summed E-state index contributed by atoms with van der Waals surface area (Å²) in [5.74, 6) is 0. The summed E-state index contributed by atoms with van der Waals surface area (Å²) in [6.07, 6.45) is -2.55. The first-order valence-corrected chi connectivity index (χ1v) is 6.96. The van der Waals surface area contributed by atoms with Gasteiger partial charge in [-0.3, -0.25) is 0 Å². The highest BCUT2D eigenvalue weighted by molar-refractivity contribution is 5.88. The average Bonchev–Trinajstić information content (AvgIpc) is 2.46. The van der Waals surface area contributed by atoms with Crippen molar-refractivity contribution in [1.29, 1.82) is 0 Å². The number of para-hydroxylation sites is 1. The molecule has 0 spiro atoms. The summed E-state index contributed by atoms with van der Waals surface area (Å²) in [4.78, 5) is 1.97. The fourth-order valence-electron chi connectivity index (χ4n) is 2.87. The second kappa shape index (κ2) is 5.16. The maximum atomic E-state index is 13.0. The molecule has 0 N–H and O–H groups in total. The number of hydrogen-bond donors (Lipinski definition) is 0. The molecule has 114 valence electrons. The van der Waals surface area contributed by atoms with Crippen molar-refractivity contribution < 1.29 is 17.7 Å². The van der Waals surface area contributed by atoms with E-state index in [2.05, 4.69) is 0 Å². The van der Waals surface area contributed by atoms with E-state index < -0.39 is 11.7 Å². The quantitative estimate of drug-likeness (QED) is 0.716. The molecule has 0 aliphatic carbocycles. The Labute approximate surface area is 127 Å². The van der Waals surface area contributed by atoms with Gasteiger partial charge >= 0.3 is 6.18 Å². The Bertz CT molecular complexity index is 734. The van der Waals surface area contributed by atoms with Crippen molar-refractivity contribution >= 4 is 17.6 Å². The van der Waals surface area contributed by atoms with Gasteiger partial charge in [-0.25, -0.2) is 0 Å². The normalized spacial score (nSPS) is 14.6. The highest BCUT2D eigenvalue weighted by atomic mass is 19.4. The number of aryl methyl sites for hydroxylation is 1. The van der Waals surface area contributed by atoms with Crippen LogP contribution in [0.2, 0.25) is 0 Å². The van der Waals surface area contributed by atoms with E-state index >= 15 is 0 Å². The number of rotatable bonds is 1. The second-order valence-electron chi connectivity index (χ2n) is 5.50. The molecule has 1 aliphatic rings. The third-order valence-electron chi connectivity index (χ3n) is 3.79. The van der Waals surface area contributed by atoms with Gasteiger partial charge in [0.25, 0.3) is 0 Å². The van der Waals surface area contributed by atoms with Crippen molar-refractivity contribution in [2.45, 2.75) is 13.1 Å². The SMILES string of the molecule is Cc1cc(C(F)(F)F)cc2c1N(C)C[N+](c1ccccc1)=C2. The van der Waals surface area contributed by atoms with E-state index in [9.17, 15) is 13.2 Å². The minimum Gasteiger partial charge on any atom is -0.319 e. The molecule has 5 heteroatoms. The lowest BCUT2D eigenvalue weighted by atomic mass is 10.0. The van der Waals surface area contributed by atoms with Gasteiger partial charge < -0.3 is 4.90 Å². The number of benzene rings is 2. The van der Waals surface area contributed by atoms with Crippen LogP contribution < -0.4 is 4.90 Å². The lowest BCUT2D eigenvalue weighted by Crippen LogP contribution is -2.33. The fraction of sp³-hybridized carbons (Fsp3) is 0.235. The van der Waals surface area contributed by atoms with E-state index in [0.29, 0.717) is 17.8 Å². The van der Waals surface area contributed by atoms with Crippen molar-refractivity contribution in [2.24, 2.45) is 0 Å². The number of alkyl halides is 3. The molecule has 3 rings (SSSR count). The first-order valence-electron chi connectivity index (χ1n) is 6.96. The highest BCUT2D eigenvalue weighted by Crippen LogP contribution is 2.35. The van der Waals surface area contributed by atoms with Gasteiger partial charge in [-0.1, -0.05) is 18.2 Å². The molecule has 2 aromatic carbocycles. The third kappa shape index (κ3) is 2.58. The summed E-state index contributed by atoms with van der Waals surface area (Å²) >= 11 is 0. The topological polar surface area (TPSA) is 6.25 Å². The van der Waals surface area contributed by atoms with Crippen LogP contribution in [-0.2, 0) is 6.18 Å². The molecule has 0 unspecified atom stereocenters. The number of anilines is 1. The summed E-state index contributed by atoms with van der Waals surface area (Å²) in [6.45, 7) is 2.32. The Morgan fingerprint density at radius 1 is 1.09 bits per heavy atom. The van der Waals surface area contributed by atoms with Crippen molar-refractivity contribution in [3.8, 4) is 0 Å². The Morgan fingerprint density at radius 2 is 1.77 bits per heavy atom. The average molecular weight is 305 g/mol. The lowest BCUT2D eigenvalue weighted by molar-refractivity contribution is -0.435. The molecule has 0 amide bonds. The van der Waals surface area contributed by atoms with Crippen molar-refractivity contribution in [1.82, 2.24) is 0 Å². The van der Waals surface area contributed by atoms with Crippen LogP contribution in [-0.4, -0.2) is 24.5 Å². The first-order chi connectivity index (χ1) is 10.4. The van der Waals surface area contributed by atoms with E-state index in [1.54, 1.807) is 13.1 Å². The number of hydrogen-bond acceptors (Lipinski definition) is 1. The van der Waals surface area contributed by atoms with Gasteiger partial charge in [-0.15, -0.1) is 0 Å². The van der Waals surface area contributed by atoms with E-state index in [1.807, 2.05) is 46.9 Å². The fourth-order valence-corrected chi connectivity index (χ4v) is 2.87. The maximum absolute atomic E-state index is 13.0. The predicted molar refractivity (Wildman–Crippen MR) is 81.0 cm³/mol. The van der Waals surface area contributed by atoms with E-state index in [1.165, 1.54) is 12.1 Å². The molecule has 2 aromatic rings. The van der Waals surface area contributed by atoms with Crippen LogP contribution in [0.25, 0.3) is 0 Å². The van der Waals surface area contributed by atoms with Crippen LogP contribution in [0.1, 0.15) is 16.7 Å². The number of nitrogens with zero attached hydrogens (tertiary/aromatic N) is 2. The minimum atomic E-state index is -4.33. The van der Waals surface area contributed by atoms with Gasteiger partial charge in [0.2, 0.25) is 12.4 Å². The van der Waals surface area contributed by atoms with Gasteiger partial charge in [0.1, 0.15) is 0 Å². The Morgan fingerprint density at radius 3 is 2.41 bits per heavy atom. The number of halogens is 3. The molecule has 0 saturated carbocycles. The van der Waals surface area contributed by atoms with Crippen LogP contribution in [0.5, 0.6) is 0 Å². The predicted octanol–water partition coefficient (Wildman–Crippen LogP) is 4.18. The summed E-state index contributed by atoms with van der Waals surface area (Å²) in [6, 6.07) is 12.0. The van der Waals surface area contributed by atoms with Crippen LogP contribution in [0.15, 0.2) is 42.5 Å². The second-order valence-corrected chi connectivity index (χ2v) is 5.50. The summed E-state index contributed by atoms with van der Waals surface area (Å²) < 4.78 is 41.0. The Balaban J connectivity index is 2.15. The first kappa shape index (κ1) is 14.6. The molecular weight excluding hydrogens is 289 g/mol. The Kier molecular flexibility index (Phi) is 3.43. The van der Waals surface area contributed by atoms with Gasteiger partial charge in [-0.2, -0.15) is 17.7 Å². The van der Waals surface area contributed by atoms with E-state index in [4.69, 9.17) is 0 Å². The van der Waals surface area contributed by atoms with E-state index in [-0.39, 0.29) is 0 Å². The van der Waals surface area contributed by atoms with E-state index in [0.717, 1.165) is 11.4 Å². The smallest absolute Gasteiger partial charge is 0.319 e. The van der Waals surface area contributed by atoms with Crippen molar-refractivity contribution in [3.05, 3.63) is 59.2 Å². The molecule has 0 saturated heterocycles. The monoisotopic (exact) mass is 305 g/mol. The molecule has 0 atom stereocenters. The summed E-state index contributed by atoms with van der Waals surface area (Å²) in [7, 11) is 1.89. The minimum absolute atomic E-state index is 0.588. The van der Waals surface area contributed by atoms with Crippen LogP contribution >= 0.6 is 0 Å². The largest absolute Gasteiger partial charge is 0.416 e. The maximum Gasteiger partial charge on any atom is 0.416 e. The molecular formula is C17H16F3N2+. The lowest BCUT2D eigenvalue weighted by Gasteiger charge is -2.26. The molecule has 22 heavy (non-hydrogen) atoms. The molecule has 1 heterocycles. The van der Waals surface area contributed by atoms with Crippen molar-refractivity contribution in [2.75, 3.05) is 18.6 Å². The summed E-state index contributed by atoms with van der Waals surface area (Å²) in [5.41, 5.74) is 2.42. The highest BCUT2D eigenvalue weighted by Gasteiger charge is 2.33. The Hall–Kier alpha value is -2.30. The zero-order valence-corrected chi connectivity index (χ0v) is 12.4. The van der Waals surface area contributed by atoms with Crippen LogP contribution in [0.4, 0.5) is 24.5 Å².